The number of ether oxygens (including phenoxy) is 1. The number of allylic oxidation sites excluding steroid dienone is 1. The second kappa shape index (κ2) is 13.4. The van der Waals surface area contributed by atoms with E-state index in [1.54, 1.807) is 28.6 Å². The Labute approximate surface area is 276 Å². The van der Waals surface area contributed by atoms with Crippen LogP contribution in [0.15, 0.2) is 107 Å². The molecule has 0 radical (unpaired) electrons. The largest absolute Gasteiger partial charge is 0.489 e. The van der Waals surface area contributed by atoms with E-state index in [0.717, 1.165) is 33.7 Å². The maximum atomic E-state index is 14.0. The molecular formula is C35H31Cl2N5O2S. The summed E-state index contributed by atoms with van der Waals surface area (Å²) in [5, 5.41) is 13.1. The van der Waals surface area contributed by atoms with Crippen LogP contribution in [0.3, 0.4) is 0 Å². The molecule has 0 fully saturated rings. The Bertz CT molecular complexity index is 1890. The minimum absolute atomic E-state index is 0.212. The Balaban J connectivity index is 1.30. The Morgan fingerprint density at radius 1 is 0.978 bits per heavy atom. The summed E-state index contributed by atoms with van der Waals surface area (Å²) in [5.41, 5.74) is 7.03. The van der Waals surface area contributed by atoms with Crippen LogP contribution in [-0.2, 0) is 17.2 Å². The molecule has 1 atom stereocenters. The van der Waals surface area contributed by atoms with Gasteiger partial charge in [-0.15, -0.1) is 5.10 Å². The van der Waals surface area contributed by atoms with Crippen LogP contribution in [0, 0.1) is 13.8 Å². The number of aromatic nitrogens is 3. The topological polar surface area (TPSA) is 81.1 Å². The van der Waals surface area contributed by atoms with Crippen LogP contribution in [0.4, 0.5) is 11.6 Å². The van der Waals surface area contributed by atoms with Gasteiger partial charge < -0.3 is 15.4 Å². The van der Waals surface area contributed by atoms with Crippen molar-refractivity contribution in [3.63, 3.8) is 0 Å². The molecule has 45 heavy (non-hydrogen) atoms. The molecule has 4 aromatic carbocycles. The normalized spacial score (nSPS) is 14.1. The summed E-state index contributed by atoms with van der Waals surface area (Å²) >= 11 is 13.9. The van der Waals surface area contributed by atoms with Crippen LogP contribution >= 0.6 is 35.0 Å². The summed E-state index contributed by atoms with van der Waals surface area (Å²) in [7, 11) is 0. The number of carbonyl (C=O) groups is 1. The molecule has 7 nitrogen and oxygen atoms in total. The Morgan fingerprint density at radius 2 is 1.76 bits per heavy atom. The first kappa shape index (κ1) is 30.8. The number of carbonyl (C=O) groups excluding carboxylic acids is 1. The van der Waals surface area contributed by atoms with Gasteiger partial charge in [0.05, 0.1) is 5.57 Å². The molecule has 1 aromatic heterocycles. The Kier molecular flexibility index (Phi) is 9.16. The third kappa shape index (κ3) is 6.88. The van der Waals surface area contributed by atoms with Gasteiger partial charge in [0, 0.05) is 32.7 Å². The number of hydrogen-bond donors (Lipinski definition) is 2. The van der Waals surface area contributed by atoms with Crippen molar-refractivity contribution in [1.29, 1.82) is 0 Å². The van der Waals surface area contributed by atoms with Crippen LogP contribution in [0.5, 0.6) is 5.75 Å². The maximum absolute atomic E-state index is 14.0. The fourth-order valence-electron chi connectivity index (χ4n) is 5.14. The standard InChI is InChI=1S/C35H31Cl2N5O2S/c1-21-8-7-11-30(22(21)2)39-33(43)31-23(3)38-34-40-35(45-20-24-9-5-4-6-10-24)41-42(34)32(31)25-13-16-28(17-14-25)44-19-26-12-15-27(36)18-29(26)37/h4-18,32H,19-20H2,1-3H3,(H,39,43)(H,38,40,41). The highest BCUT2D eigenvalue weighted by Crippen LogP contribution is 2.38. The summed E-state index contributed by atoms with van der Waals surface area (Å²) in [6.07, 6.45) is 0. The number of benzene rings is 4. The quantitative estimate of drug-likeness (QED) is 0.154. The summed E-state index contributed by atoms with van der Waals surface area (Å²) in [5.74, 6) is 1.76. The van der Waals surface area contributed by atoms with Crippen LogP contribution in [0.1, 0.15) is 40.8 Å². The number of aryl methyl sites for hydroxylation is 1. The highest BCUT2D eigenvalue weighted by molar-refractivity contribution is 7.98. The van der Waals surface area contributed by atoms with Gasteiger partial charge in [-0.05, 0) is 73.4 Å². The Hall–Kier alpha value is -4.24. The van der Waals surface area contributed by atoms with Gasteiger partial charge in [0.25, 0.3) is 5.91 Å². The third-order valence-corrected chi connectivity index (χ3v) is 9.24. The van der Waals surface area contributed by atoms with E-state index in [9.17, 15) is 4.79 Å². The van der Waals surface area contributed by atoms with E-state index in [0.29, 0.717) is 44.8 Å². The van der Waals surface area contributed by atoms with Crippen molar-refractivity contribution in [2.24, 2.45) is 0 Å². The van der Waals surface area contributed by atoms with Gasteiger partial charge in [0.15, 0.2) is 0 Å². The lowest BCUT2D eigenvalue weighted by atomic mass is 9.94. The van der Waals surface area contributed by atoms with Crippen molar-refractivity contribution in [2.45, 2.75) is 44.3 Å². The monoisotopic (exact) mass is 655 g/mol. The molecule has 1 unspecified atom stereocenters. The van der Waals surface area contributed by atoms with Crippen molar-refractivity contribution in [3.8, 4) is 5.75 Å². The molecule has 2 N–H and O–H groups in total. The summed E-state index contributed by atoms with van der Waals surface area (Å²) in [4.78, 5) is 18.8. The van der Waals surface area contributed by atoms with E-state index in [-0.39, 0.29) is 5.91 Å². The minimum atomic E-state index is -0.523. The fourth-order valence-corrected chi connectivity index (χ4v) is 6.39. The third-order valence-electron chi connectivity index (χ3n) is 7.75. The molecule has 2 heterocycles. The first-order chi connectivity index (χ1) is 21.8. The molecule has 0 aliphatic carbocycles. The molecule has 0 spiro atoms. The number of halogens is 2. The average molecular weight is 657 g/mol. The van der Waals surface area contributed by atoms with Crippen molar-refractivity contribution in [1.82, 2.24) is 14.8 Å². The molecule has 5 aromatic rings. The number of rotatable bonds is 9. The van der Waals surface area contributed by atoms with Crippen LogP contribution in [-0.4, -0.2) is 20.7 Å². The number of anilines is 2. The Morgan fingerprint density at radius 3 is 2.51 bits per heavy atom. The number of nitrogens with one attached hydrogen (secondary N) is 2. The van der Waals surface area contributed by atoms with Crippen molar-refractivity contribution < 1.29 is 9.53 Å². The van der Waals surface area contributed by atoms with Crippen LogP contribution < -0.4 is 15.4 Å². The average Bonchev–Trinajstić information content (AvgIpc) is 3.44. The number of fused-ring (bicyclic) bond motifs is 1. The van der Waals surface area contributed by atoms with E-state index in [1.165, 1.54) is 5.56 Å². The maximum Gasteiger partial charge on any atom is 0.255 e. The number of thioether (sulfide) groups is 1. The second-order valence-corrected chi connectivity index (χ2v) is 12.6. The predicted molar refractivity (Wildman–Crippen MR) is 182 cm³/mol. The molecule has 1 aliphatic rings. The highest BCUT2D eigenvalue weighted by atomic mass is 35.5. The predicted octanol–water partition coefficient (Wildman–Crippen LogP) is 9.00. The lowest BCUT2D eigenvalue weighted by Gasteiger charge is -2.29. The first-order valence-electron chi connectivity index (χ1n) is 14.4. The van der Waals surface area contributed by atoms with Gasteiger partial charge >= 0.3 is 0 Å². The van der Waals surface area contributed by atoms with Gasteiger partial charge in [-0.25, -0.2) is 4.68 Å². The molecule has 10 heteroatoms. The number of amides is 1. The molecule has 0 saturated heterocycles. The minimum Gasteiger partial charge on any atom is -0.489 e. The molecule has 1 aliphatic heterocycles. The zero-order valence-electron chi connectivity index (χ0n) is 25.0. The SMILES string of the molecule is CC1=C(C(=O)Nc2cccc(C)c2C)C(c2ccc(OCc3ccc(Cl)cc3Cl)cc2)n2nc(SCc3ccccc3)nc2N1. The number of hydrogen-bond acceptors (Lipinski definition) is 6. The van der Waals surface area contributed by atoms with Gasteiger partial charge in [0.2, 0.25) is 11.1 Å². The lowest BCUT2D eigenvalue weighted by Crippen LogP contribution is -2.31. The number of nitrogens with zero attached hydrogens (tertiary/aromatic N) is 3. The van der Waals surface area contributed by atoms with Gasteiger partial charge in [-0.2, -0.15) is 4.98 Å². The van der Waals surface area contributed by atoms with Gasteiger partial charge in [-0.3, -0.25) is 4.79 Å². The zero-order chi connectivity index (χ0) is 31.5. The molecule has 228 valence electrons. The van der Waals surface area contributed by atoms with Gasteiger partial charge in [-0.1, -0.05) is 95.6 Å². The van der Waals surface area contributed by atoms with Crippen molar-refractivity contribution in [2.75, 3.05) is 10.6 Å². The molecule has 1 amide bonds. The lowest BCUT2D eigenvalue weighted by molar-refractivity contribution is -0.113. The molecule has 6 rings (SSSR count). The smallest absolute Gasteiger partial charge is 0.255 e. The van der Waals surface area contributed by atoms with E-state index < -0.39 is 6.04 Å². The van der Waals surface area contributed by atoms with E-state index in [1.807, 2.05) is 87.5 Å². The van der Waals surface area contributed by atoms with E-state index in [2.05, 4.69) is 22.8 Å². The van der Waals surface area contributed by atoms with E-state index >= 15 is 0 Å². The van der Waals surface area contributed by atoms with E-state index in [4.69, 9.17) is 38.0 Å². The van der Waals surface area contributed by atoms with Crippen molar-refractivity contribution >= 4 is 52.5 Å². The first-order valence-corrected chi connectivity index (χ1v) is 16.2. The summed E-state index contributed by atoms with van der Waals surface area (Å²) in [6, 6.07) is 28.6. The molecular weight excluding hydrogens is 625 g/mol. The summed E-state index contributed by atoms with van der Waals surface area (Å²) in [6.45, 7) is 6.22. The molecule has 0 bridgehead atoms. The van der Waals surface area contributed by atoms with Crippen LogP contribution in [0.2, 0.25) is 10.0 Å². The summed E-state index contributed by atoms with van der Waals surface area (Å²) < 4.78 is 7.83. The second-order valence-electron chi connectivity index (χ2n) is 10.8. The van der Waals surface area contributed by atoms with Crippen molar-refractivity contribution in [3.05, 3.63) is 140 Å². The molecule has 0 saturated carbocycles. The van der Waals surface area contributed by atoms with Gasteiger partial charge in [0.1, 0.15) is 18.4 Å². The zero-order valence-corrected chi connectivity index (χ0v) is 27.3. The highest BCUT2D eigenvalue weighted by Gasteiger charge is 2.34. The fraction of sp³-hybridized carbons (Fsp3) is 0.171. The van der Waals surface area contributed by atoms with Crippen LogP contribution in [0.25, 0.3) is 0 Å².